The zero-order valence-electron chi connectivity index (χ0n) is 10.5. The van der Waals surface area contributed by atoms with Gasteiger partial charge in [0, 0.05) is 11.6 Å². The van der Waals surface area contributed by atoms with Gasteiger partial charge < -0.3 is 0 Å². The summed E-state index contributed by atoms with van der Waals surface area (Å²) in [6.45, 7) is 8.68. The van der Waals surface area contributed by atoms with Crippen molar-refractivity contribution >= 4 is 12.3 Å². The van der Waals surface area contributed by atoms with Crippen LogP contribution in [0.15, 0.2) is 35.3 Å². The number of benzene rings is 1. The molecule has 0 aromatic heterocycles. The number of fused-ring (bicyclic) bond motifs is 1. The largest absolute Gasteiger partial charge is 0.286 e. The Hall–Kier alpha value is -1.37. The fraction of sp³-hybridized carbons (Fsp3) is 0.400. The highest BCUT2D eigenvalue weighted by atomic mass is 14.8. The second-order valence-corrected chi connectivity index (χ2v) is 5.55. The van der Waals surface area contributed by atoms with Crippen LogP contribution in [0.25, 0.3) is 6.08 Å². The van der Waals surface area contributed by atoms with Crippen LogP contribution < -0.4 is 0 Å². The molecule has 0 saturated carbocycles. The third-order valence-electron chi connectivity index (χ3n) is 3.05. The van der Waals surface area contributed by atoms with Crippen molar-refractivity contribution in [2.45, 2.75) is 38.6 Å². The lowest BCUT2D eigenvalue weighted by Crippen LogP contribution is -2.25. The molecule has 1 heterocycles. The Morgan fingerprint density at radius 2 is 1.69 bits per heavy atom. The van der Waals surface area contributed by atoms with Crippen LogP contribution in [0.4, 0.5) is 0 Å². The maximum absolute atomic E-state index is 4.66. The summed E-state index contributed by atoms with van der Waals surface area (Å²) in [4.78, 5) is 4.66. The maximum atomic E-state index is 4.66. The molecule has 1 aromatic rings. The molecule has 0 N–H and O–H groups in total. The van der Waals surface area contributed by atoms with E-state index in [0.717, 1.165) is 0 Å². The molecule has 2 rings (SSSR count). The SMILES string of the molecule is CC1(C)C=Cc2ccccc2C(C)(C)C=N1. The molecular weight excluding hydrogens is 194 g/mol. The van der Waals surface area contributed by atoms with Gasteiger partial charge in [0.1, 0.15) is 0 Å². The Morgan fingerprint density at radius 1 is 1.00 bits per heavy atom. The van der Waals surface area contributed by atoms with Crippen LogP contribution in [0, 0.1) is 0 Å². The Bertz CT molecular complexity index is 450. The molecule has 1 heteroatoms. The fourth-order valence-electron chi connectivity index (χ4n) is 1.96. The van der Waals surface area contributed by atoms with Crippen LogP contribution in [-0.2, 0) is 5.41 Å². The zero-order valence-corrected chi connectivity index (χ0v) is 10.5. The van der Waals surface area contributed by atoms with E-state index in [9.17, 15) is 0 Å². The Kier molecular flexibility index (Phi) is 2.49. The van der Waals surface area contributed by atoms with Gasteiger partial charge in [0.15, 0.2) is 0 Å². The van der Waals surface area contributed by atoms with Gasteiger partial charge in [-0.3, -0.25) is 4.99 Å². The number of hydrogen-bond acceptors (Lipinski definition) is 1. The van der Waals surface area contributed by atoms with Crippen LogP contribution >= 0.6 is 0 Å². The molecule has 0 radical (unpaired) electrons. The second-order valence-electron chi connectivity index (χ2n) is 5.55. The van der Waals surface area contributed by atoms with Crippen molar-refractivity contribution in [2.24, 2.45) is 4.99 Å². The summed E-state index contributed by atoms with van der Waals surface area (Å²) in [5.41, 5.74) is 2.53. The third kappa shape index (κ3) is 2.08. The molecule has 1 aliphatic rings. The van der Waals surface area contributed by atoms with Crippen molar-refractivity contribution in [3.05, 3.63) is 41.5 Å². The molecule has 0 fully saturated rings. The van der Waals surface area contributed by atoms with Crippen LogP contribution in [0.3, 0.4) is 0 Å². The minimum Gasteiger partial charge on any atom is -0.286 e. The quantitative estimate of drug-likeness (QED) is 0.621. The highest BCUT2D eigenvalue weighted by Crippen LogP contribution is 2.29. The van der Waals surface area contributed by atoms with Gasteiger partial charge in [-0.2, -0.15) is 0 Å². The van der Waals surface area contributed by atoms with Crippen LogP contribution in [0.2, 0.25) is 0 Å². The summed E-state index contributed by atoms with van der Waals surface area (Å²) in [5.74, 6) is 0. The Balaban J connectivity index is 2.62. The first-order valence-corrected chi connectivity index (χ1v) is 5.76. The standard InChI is InChI=1S/C15H19N/c1-14(2)11-16-15(3,4)10-9-12-7-5-6-8-13(12)14/h5-11H,1-4H3. The summed E-state index contributed by atoms with van der Waals surface area (Å²) in [7, 11) is 0. The number of rotatable bonds is 0. The third-order valence-corrected chi connectivity index (χ3v) is 3.05. The number of aliphatic imine (C=N–C) groups is 1. The zero-order chi connectivity index (χ0) is 11.8. The minimum absolute atomic E-state index is 0.00137. The van der Waals surface area contributed by atoms with E-state index in [1.807, 2.05) is 0 Å². The highest BCUT2D eigenvalue weighted by molar-refractivity contribution is 5.77. The lowest BCUT2D eigenvalue weighted by atomic mass is 9.81. The Morgan fingerprint density at radius 3 is 2.44 bits per heavy atom. The maximum Gasteiger partial charge on any atom is 0.0731 e. The molecule has 1 aromatic carbocycles. The van der Waals surface area contributed by atoms with Crippen molar-refractivity contribution in [3.8, 4) is 0 Å². The van der Waals surface area contributed by atoms with E-state index in [1.54, 1.807) is 0 Å². The number of nitrogens with zero attached hydrogens (tertiary/aromatic N) is 1. The van der Waals surface area contributed by atoms with Gasteiger partial charge in [-0.1, -0.05) is 50.3 Å². The van der Waals surface area contributed by atoms with Crippen molar-refractivity contribution < 1.29 is 0 Å². The molecular formula is C15H19N. The normalized spacial score (nSPS) is 21.0. The van der Waals surface area contributed by atoms with Crippen molar-refractivity contribution in [1.82, 2.24) is 0 Å². The number of hydrogen-bond donors (Lipinski definition) is 0. The first-order chi connectivity index (χ1) is 7.41. The first kappa shape index (κ1) is 11.1. The molecule has 0 atom stereocenters. The molecule has 84 valence electrons. The molecule has 0 bridgehead atoms. The van der Waals surface area contributed by atoms with E-state index in [0.29, 0.717) is 0 Å². The molecule has 0 aliphatic carbocycles. The predicted molar refractivity (Wildman–Crippen MR) is 71.1 cm³/mol. The predicted octanol–water partition coefficient (Wildman–Crippen LogP) is 3.84. The lowest BCUT2D eigenvalue weighted by molar-refractivity contribution is 0.637. The summed E-state index contributed by atoms with van der Waals surface area (Å²) >= 11 is 0. The average molecular weight is 213 g/mol. The van der Waals surface area contributed by atoms with Crippen LogP contribution in [0.5, 0.6) is 0 Å². The van der Waals surface area contributed by atoms with Gasteiger partial charge in [-0.15, -0.1) is 0 Å². The van der Waals surface area contributed by atoms with E-state index in [2.05, 4.69) is 75.3 Å². The van der Waals surface area contributed by atoms with E-state index >= 15 is 0 Å². The molecule has 1 aliphatic heterocycles. The molecule has 0 saturated heterocycles. The van der Waals surface area contributed by atoms with Crippen molar-refractivity contribution in [2.75, 3.05) is 0 Å². The van der Waals surface area contributed by atoms with Crippen LogP contribution in [0.1, 0.15) is 38.8 Å². The van der Waals surface area contributed by atoms with E-state index in [4.69, 9.17) is 0 Å². The van der Waals surface area contributed by atoms with Gasteiger partial charge in [0.05, 0.1) is 5.54 Å². The topological polar surface area (TPSA) is 12.4 Å². The lowest BCUT2D eigenvalue weighted by Gasteiger charge is -2.27. The second kappa shape index (κ2) is 3.58. The van der Waals surface area contributed by atoms with Gasteiger partial charge in [0.2, 0.25) is 0 Å². The molecule has 0 unspecified atom stereocenters. The Labute approximate surface area is 97.9 Å². The van der Waals surface area contributed by atoms with Gasteiger partial charge >= 0.3 is 0 Å². The van der Waals surface area contributed by atoms with E-state index in [1.165, 1.54) is 11.1 Å². The van der Waals surface area contributed by atoms with Crippen LogP contribution in [-0.4, -0.2) is 11.8 Å². The van der Waals surface area contributed by atoms with Crippen molar-refractivity contribution in [1.29, 1.82) is 0 Å². The first-order valence-electron chi connectivity index (χ1n) is 5.76. The fourth-order valence-corrected chi connectivity index (χ4v) is 1.96. The smallest absolute Gasteiger partial charge is 0.0731 e. The molecule has 16 heavy (non-hydrogen) atoms. The van der Waals surface area contributed by atoms with Gasteiger partial charge in [0.25, 0.3) is 0 Å². The van der Waals surface area contributed by atoms with Crippen molar-refractivity contribution in [3.63, 3.8) is 0 Å². The summed E-state index contributed by atoms with van der Waals surface area (Å²) in [6, 6.07) is 8.53. The van der Waals surface area contributed by atoms with Gasteiger partial charge in [-0.05, 0) is 25.0 Å². The van der Waals surface area contributed by atoms with E-state index in [-0.39, 0.29) is 11.0 Å². The molecule has 0 amide bonds. The highest BCUT2D eigenvalue weighted by Gasteiger charge is 2.24. The summed E-state index contributed by atoms with van der Waals surface area (Å²) in [6.07, 6.45) is 6.43. The monoisotopic (exact) mass is 213 g/mol. The minimum atomic E-state index is -0.106. The van der Waals surface area contributed by atoms with Gasteiger partial charge in [-0.25, -0.2) is 0 Å². The molecule has 1 nitrogen and oxygen atoms in total. The molecule has 0 spiro atoms. The average Bonchev–Trinajstić information content (AvgIpc) is 2.24. The van der Waals surface area contributed by atoms with E-state index < -0.39 is 0 Å². The summed E-state index contributed by atoms with van der Waals surface area (Å²) in [5, 5.41) is 0. The summed E-state index contributed by atoms with van der Waals surface area (Å²) < 4.78 is 0.